The van der Waals surface area contributed by atoms with E-state index in [-0.39, 0.29) is 17.8 Å². The third-order valence-corrected chi connectivity index (χ3v) is 7.84. The molecule has 6 nitrogen and oxygen atoms in total. The van der Waals surface area contributed by atoms with Crippen molar-refractivity contribution < 1.29 is 28.7 Å². The second kappa shape index (κ2) is 7.31. The average Bonchev–Trinajstić information content (AvgIpc) is 3.21. The second-order valence-corrected chi connectivity index (χ2v) is 9.53. The molecule has 2 saturated heterocycles. The lowest BCUT2D eigenvalue weighted by Gasteiger charge is -2.44. The van der Waals surface area contributed by atoms with Crippen molar-refractivity contribution >= 4 is 11.9 Å². The highest BCUT2D eigenvalue weighted by Gasteiger charge is 2.52. The summed E-state index contributed by atoms with van der Waals surface area (Å²) in [6.45, 7) is 0. The van der Waals surface area contributed by atoms with Gasteiger partial charge in [0, 0.05) is 31.2 Å². The van der Waals surface area contributed by atoms with Crippen molar-refractivity contribution in [2.75, 3.05) is 21.2 Å². The summed E-state index contributed by atoms with van der Waals surface area (Å²) < 4.78 is 12.0. The number of nitrogens with zero attached hydrogens (tertiary/aromatic N) is 1. The van der Waals surface area contributed by atoms with E-state index in [0.29, 0.717) is 36.1 Å². The van der Waals surface area contributed by atoms with Crippen molar-refractivity contribution in [2.45, 2.75) is 75.0 Å². The standard InChI is InChI=1S/C23H31NO5/c1-24(2)16-7-8-17(24)14-18(13-16)29-22(27)23(10-4-5-11-23)19-12-15(21(26)28-3)6-9-20(19)25/h6,9,12,16-18H,4-5,7-8,10-11,13-14H2,1-3H3/p+1. The first-order valence-electron chi connectivity index (χ1n) is 10.7. The summed E-state index contributed by atoms with van der Waals surface area (Å²) in [5.74, 6) is -0.682. The molecule has 2 bridgehead atoms. The number of hydrogen-bond donors (Lipinski definition) is 1. The van der Waals surface area contributed by atoms with Gasteiger partial charge in [-0.25, -0.2) is 4.79 Å². The first kappa shape index (κ1) is 20.2. The maximum Gasteiger partial charge on any atom is 0.337 e. The number of ether oxygens (including phenoxy) is 2. The molecule has 1 aromatic carbocycles. The number of phenols is 1. The van der Waals surface area contributed by atoms with Crippen molar-refractivity contribution in [3.05, 3.63) is 29.3 Å². The quantitative estimate of drug-likeness (QED) is 0.618. The number of aromatic hydroxyl groups is 1. The lowest BCUT2D eigenvalue weighted by atomic mass is 9.77. The van der Waals surface area contributed by atoms with Gasteiger partial charge in [-0.3, -0.25) is 4.79 Å². The second-order valence-electron chi connectivity index (χ2n) is 9.53. The smallest absolute Gasteiger partial charge is 0.337 e. The van der Waals surface area contributed by atoms with Crippen molar-refractivity contribution in [3.8, 4) is 5.75 Å². The molecular formula is C23H32NO5+. The van der Waals surface area contributed by atoms with Crippen molar-refractivity contribution in [1.82, 2.24) is 0 Å². The van der Waals surface area contributed by atoms with Gasteiger partial charge in [-0.05, 0) is 31.0 Å². The fourth-order valence-electron chi connectivity index (χ4n) is 5.92. The van der Waals surface area contributed by atoms with Crippen LogP contribution < -0.4 is 0 Å². The fourth-order valence-corrected chi connectivity index (χ4v) is 5.92. The van der Waals surface area contributed by atoms with Gasteiger partial charge in [-0.1, -0.05) is 12.8 Å². The van der Waals surface area contributed by atoms with E-state index in [1.165, 1.54) is 32.1 Å². The Balaban J connectivity index is 1.59. The Morgan fingerprint density at radius 3 is 2.31 bits per heavy atom. The maximum absolute atomic E-state index is 13.5. The number of carbonyl (C=O) groups excluding carboxylic acids is 2. The van der Waals surface area contributed by atoms with Gasteiger partial charge in [0.1, 0.15) is 11.9 Å². The molecule has 6 heteroatoms. The van der Waals surface area contributed by atoms with Gasteiger partial charge in [0.05, 0.1) is 44.3 Å². The number of phenolic OH excluding ortho intramolecular Hbond substituents is 1. The molecule has 3 fully saturated rings. The summed E-state index contributed by atoms with van der Waals surface area (Å²) >= 11 is 0. The Kier molecular flexibility index (Phi) is 5.09. The molecule has 29 heavy (non-hydrogen) atoms. The van der Waals surface area contributed by atoms with Crippen LogP contribution in [0.4, 0.5) is 0 Å². The third-order valence-electron chi connectivity index (χ3n) is 7.84. The molecule has 1 aliphatic carbocycles. The number of fused-ring (bicyclic) bond motifs is 2. The topological polar surface area (TPSA) is 72.8 Å². The van der Waals surface area contributed by atoms with Crippen molar-refractivity contribution in [2.24, 2.45) is 0 Å². The van der Waals surface area contributed by atoms with Gasteiger partial charge in [0.25, 0.3) is 0 Å². The Labute approximate surface area is 172 Å². The molecule has 1 saturated carbocycles. The minimum atomic E-state index is -0.880. The van der Waals surface area contributed by atoms with Crippen molar-refractivity contribution in [1.29, 1.82) is 0 Å². The molecule has 0 spiro atoms. The molecule has 2 unspecified atom stereocenters. The van der Waals surface area contributed by atoms with Crippen LogP contribution in [0.25, 0.3) is 0 Å². The number of esters is 2. The monoisotopic (exact) mass is 402 g/mol. The van der Waals surface area contributed by atoms with E-state index in [4.69, 9.17) is 9.47 Å². The Morgan fingerprint density at radius 1 is 1.10 bits per heavy atom. The normalized spacial score (nSPS) is 29.4. The largest absolute Gasteiger partial charge is 0.508 e. The van der Waals surface area contributed by atoms with Crippen LogP contribution in [0.2, 0.25) is 0 Å². The third kappa shape index (κ3) is 3.31. The Hall–Kier alpha value is -2.08. The van der Waals surface area contributed by atoms with E-state index >= 15 is 0 Å². The van der Waals surface area contributed by atoms with Gasteiger partial charge in [0.15, 0.2) is 0 Å². The number of carbonyl (C=O) groups is 2. The molecule has 1 aromatic rings. The predicted octanol–water partition coefficient (Wildman–Crippen LogP) is 3.30. The summed E-state index contributed by atoms with van der Waals surface area (Å²) in [6.07, 6.45) is 7.19. The molecule has 0 radical (unpaired) electrons. The molecule has 2 atom stereocenters. The zero-order valence-corrected chi connectivity index (χ0v) is 17.6. The molecule has 3 aliphatic rings. The molecule has 4 rings (SSSR count). The van der Waals surface area contributed by atoms with Gasteiger partial charge < -0.3 is 19.1 Å². The number of benzene rings is 1. The van der Waals surface area contributed by atoms with Crippen LogP contribution in [0.15, 0.2) is 18.2 Å². The maximum atomic E-state index is 13.5. The molecule has 0 aromatic heterocycles. The van der Waals surface area contributed by atoms with Crippen LogP contribution in [0.3, 0.4) is 0 Å². The van der Waals surface area contributed by atoms with Gasteiger partial charge in [-0.15, -0.1) is 0 Å². The van der Waals surface area contributed by atoms with E-state index in [0.717, 1.165) is 30.2 Å². The van der Waals surface area contributed by atoms with Crippen LogP contribution in [-0.2, 0) is 19.7 Å². The Morgan fingerprint density at radius 2 is 1.72 bits per heavy atom. The van der Waals surface area contributed by atoms with E-state index in [9.17, 15) is 14.7 Å². The SMILES string of the molecule is COC(=O)c1ccc(O)c(C2(C(=O)OC3CC4CCC(C3)[N+]4(C)C)CCCC2)c1. The molecule has 2 aliphatic heterocycles. The highest BCUT2D eigenvalue weighted by atomic mass is 16.5. The van der Waals surface area contributed by atoms with E-state index in [1.807, 2.05) is 0 Å². The molecular weight excluding hydrogens is 370 g/mol. The van der Waals surface area contributed by atoms with Crippen LogP contribution >= 0.6 is 0 Å². The summed E-state index contributed by atoms with van der Waals surface area (Å²) in [5, 5.41) is 10.6. The molecule has 158 valence electrons. The lowest BCUT2D eigenvalue weighted by Crippen LogP contribution is -2.56. The first-order chi connectivity index (χ1) is 13.8. The number of piperidine rings is 1. The highest BCUT2D eigenvalue weighted by Crippen LogP contribution is 2.47. The zero-order chi connectivity index (χ0) is 20.8. The zero-order valence-electron chi connectivity index (χ0n) is 17.6. The summed E-state index contributed by atoms with van der Waals surface area (Å²) in [5.41, 5.74) is -0.0402. The van der Waals surface area contributed by atoms with E-state index < -0.39 is 11.4 Å². The predicted molar refractivity (Wildman–Crippen MR) is 108 cm³/mol. The van der Waals surface area contributed by atoms with Gasteiger partial charge in [0.2, 0.25) is 0 Å². The molecule has 1 N–H and O–H groups in total. The highest BCUT2D eigenvalue weighted by molar-refractivity contribution is 5.91. The number of methoxy groups -OCH3 is 1. The van der Waals surface area contributed by atoms with Crippen LogP contribution in [0.5, 0.6) is 5.75 Å². The number of rotatable bonds is 4. The first-order valence-corrected chi connectivity index (χ1v) is 10.7. The van der Waals surface area contributed by atoms with Crippen LogP contribution in [-0.4, -0.2) is 60.9 Å². The molecule has 0 amide bonds. The summed E-state index contributed by atoms with van der Waals surface area (Å²) in [7, 11) is 5.90. The van der Waals surface area contributed by atoms with E-state index in [2.05, 4.69) is 14.1 Å². The van der Waals surface area contributed by atoms with Crippen molar-refractivity contribution in [3.63, 3.8) is 0 Å². The van der Waals surface area contributed by atoms with E-state index in [1.54, 1.807) is 6.07 Å². The Bertz CT molecular complexity index is 795. The molecule has 2 heterocycles. The lowest BCUT2D eigenvalue weighted by molar-refractivity contribution is -0.931. The van der Waals surface area contributed by atoms with Gasteiger partial charge in [-0.2, -0.15) is 0 Å². The minimum Gasteiger partial charge on any atom is -0.508 e. The van der Waals surface area contributed by atoms with Crippen LogP contribution in [0, 0.1) is 0 Å². The number of hydrogen-bond acceptors (Lipinski definition) is 5. The summed E-state index contributed by atoms with van der Waals surface area (Å²) in [6, 6.07) is 5.70. The number of quaternary nitrogens is 1. The summed E-state index contributed by atoms with van der Waals surface area (Å²) in [4.78, 5) is 25.5. The van der Waals surface area contributed by atoms with Gasteiger partial charge >= 0.3 is 11.9 Å². The van der Waals surface area contributed by atoms with Crippen LogP contribution in [0.1, 0.15) is 67.3 Å². The minimum absolute atomic E-state index is 0.0398. The average molecular weight is 403 g/mol. The fraction of sp³-hybridized carbons (Fsp3) is 0.652.